The fourth-order valence-electron chi connectivity index (χ4n) is 4.05. The van der Waals surface area contributed by atoms with Crippen LogP contribution in [0.3, 0.4) is 0 Å². The molecule has 0 saturated heterocycles. The molecule has 0 saturated carbocycles. The van der Waals surface area contributed by atoms with Gasteiger partial charge in [0.25, 0.3) is 5.56 Å². The van der Waals surface area contributed by atoms with Gasteiger partial charge in [-0.3, -0.25) is 13.8 Å². The van der Waals surface area contributed by atoms with Crippen molar-refractivity contribution in [1.29, 1.82) is 0 Å². The highest BCUT2D eigenvalue weighted by Crippen LogP contribution is 2.31. The van der Waals surface area contributed by atoms with Crippen LogP contribution in [-0.2, 0) is 12.3 Å². The first kappa shape index (κ1) is 22.2. The van der Waals surface area contributed by atoms with Crippen LogP contribution in [0.5, 0.6) is 5.75 Å². The van der Waals surface area contributed by atoms with E-state index in [1.165, 1.54) is 11.8 Å². The number of hydrogen-bond donors (Lipinski definition) is 0. The second-order valence-corrected chi connectivity index (χ2v) is 8.91. The molecule has 0 spiro atoms. The fraction of sp³-hybridized carbons (Fsp3) is 0.280. The summed E-state index contributed by atoms with van der Waals surface area (Å²) >= 11 is 1.49. The fourth-order valence-corrected chi connectivity index (χ4v) is 4.86. The molecule has 0 bridgehead atoms. The van der Waals surface area contributed by atoms with Crippen LogP contribution < -0.4 is 10.3 Å². The minimum absolute atomic E-state index is 0.0279. The minimum atomic E-state index is -0.0279. The molecule has 0 atom stereocenters. The van der Waals surface area contributed by atoms with Gasteiger partial charge in [0.15, 0.2) is 5.16 Å². The zero-order valence-corrected chi connectivity index (χ0v) is 19.9. The highest BCUT2D eigenvalue weighted by atomic mass is 32.2. The van der Waals surface area contributed by atoms with E-state index in [-0.39, 0.29) is 5.56 Å². The lowest BCUT2D eigenvalue weighted by molar-refractivity contribution is 0.395. The Labute approximate surface area is 200 Å². The quantitative estimate of drug-likeness (QED) is 0.214. The Kier molecular flexibility index (Phi) is 6.35. The third-order valence-corrected chi connectivity index (χ3v) is 6.70. The molecule has 0 fully saturated rings. The van der Waals surface area contributed by atoms with Gasteiger partial charge in [-0.05, 0) is 30.7 Å². The van der Waals surface area contributed by atoms with E-state index < -0.39 is 0 Å². The molecule has 2 aromatic carbocycles. The van der Waals surface area contributed by atoms with E-state index in [0.29, 0.717) is 34.4 Å². The van der Waals surface area contributed by atoms with E-state index in [1.807, 2.05) is 59.0 Å². The molecule has 5 rings (SSSR count). The number of aryl methyl sites for hydroxylation is 1. The van der Waals surface area contributed by atoms with Crippen molar-refractivity contribution in [3.8, 4) is 17.0 Å². The van der Waals surface area contributed by atoms with Crippen LogP contribution in [0.4, 0.5) is 0 Å². The second kappa shape index (κ2) is 9.72. The van der Waals surface area contributed by atoms with Crippen molar-refractivity contribution >= 4 is 28.4 Å². The minimum Gasteiger partial charge on any atom is -0.496 e. The maximum atomic E-state index is 13.2. The molecule has 0 radical (unpaired) electrons. The first-order valence-electron chi connectivity index (χ1n) is 11.3. The second-order valence-electron chi connectivity index (χ2n) is 7.97. The number of benzene rings is 2. The summed E-state index contributed by atoms with van der Waals surface area (Å²) in [5.41, 5.74) is 2.36. The zero-order chi connectivity index (χ0) is 23.5. The summed E-state index contributed by atoms with van der Waals surface area (Å²) in [5.74, 6) is 2.54. The van der Waals surface area contributed by atoms with Crippen LogP contribution in [0, 0.1) is 0 Å². The summed E-state index contributed by atoms with van der Waals surface area (Å²) in [5, 5.41) is 14.4. The Hall–Kier alpha value is -3.59. The molecule has 0 amide bonds. The Balaban J connectivity index is 1.47. The Morgan fingerprint density at radius 3 is 2.74 bits per heavy atom. The maximum absolute atomic E-state index is 13.2. The Bertz CT molecular complexity index is 1500. The molecule has 8 nitrogen and oxygen atoms in total. The third-order valence-electron chi connectivity index (χ3n) is 5.75. The number of rotatable bonds is 9. The number of methoxy groups -OCH3 is 1. The number of fused-ring (bicyclic) bond motifs is 3. The molecule has 9 heteroatoms. The summed E-state index contributed by atoms with van der Waals surface area (Å²) in [7, 11) is 1.64. The van der Waals surface area contributed by atoms with Gasteiger partial charge in [0, 0.05) is 18.2 Å². The van der Waals surface area contributed by atoms with Crippen molar-refractivity contribution in [3.63, 3.8) is 0 Å². The molecule has 0 aliphatic carbocycles. The van der Waals surface area contributed by atoms with Gasteiger partial charge in [-0.25, -0.2) is 0 Å². The van der Waals surface area contributed by atoms with E-state index in [0.717, 1.165) is 41.8 Å². The van der Waals surface area contributed by atoms with E-state index in [4.69, 9.17) is 9.26 Å². The van der Waals surface area contributed by atoms with Gasteiger partial charge in [-0.2, -0.15) is 0 Å². The highest BCUT2D eigenvalue weighted by Gasteiger charge is 2.18. The van der Waals surface area contributed by atoms with Gasteiger partial charge >= 0.3 is 0 Å². The van der Waals surface area contributed by atoms with Crippen LogP contribution in [0.25, 0.3) is 27.9 Å². The van der Waals surface area contributed by atoms with Gasteiger partial charge in [0.05, 0.1) is 23.8 Å². The van der Waals surface area contributed by atoms with Gasteiger partial charge in [-0.15, -0.1) is 10.2 Å². The first-order valence-corrected chi connectivity index (χ1v) is 12.3. The normalized spacial score (nSPS) is 11.5. The van der Waals surface area contributed by atoms with Crippen LogP contribution >= 0.6 is 11.8 Å². The third kappa shape index (κ3) is 4.07. The van der Waals surface area contributed by atoms with Crippen LogP contribution in [-0.4, -0.2) is 31.4 Å². The molecule has 3 heterocycles. The summed E-state index contributed by atoms with van der Waals surface area (Å²) in [6.45, 7) is 2.77. The molecular weight excluding hydrogens is 450 g/mol. The van der Waals surface area contributed by atoms with E-state index in [2.05, 4.69) is 22.3 Å². The zero-order valence-electron chi connectivity index (χ0n) is 19.1. The monoisotopic (exact) mass is 475 g/mol. The van der Waals surface area contributed by atoms with E-state index >= 15 is 0 Å². The van der Waals surface area contributed by atoms with Crippen molar-refractivity contribution in [2.24, 2.45) is 0 Å². The molecule has 34 heavy (non-hydrogen) atoms. The van der Waals surface area contributed by atoms with E-state index in [1.54, 1.807) is 11.7 Å². The topological polar surface area (TPSA) is 87.5 Å². The smallest absolute Gasteiger partial charge is 0.262 e. The van der Waals surface area contributed by atoms with Gasteiger partial charge in [-0.1, -0.05) is 60.9 Å². The number of aromatic nitrogens is 5. The molecule has 0 N–H and O–H groups in total. The number of unbranched alkanes of at least 4 members (excludes halogenated alkanes) is 2. The lowest BCUT2D eigenvalue weighted by Crippen LogP contribution is -2.23. The predicted molar refractivity (Wildman–Crippen MR) is 132 cm³/mol. The van der Waals surface area contributed by atoms with Crippen LogP contribution in [0.2, 0.25) is 0 Å². The molecule has 5 aromatic rings. The van der Waals surface area contributed by atoms with Gasteiger partial charge in [0.2, 0.25) is 5.78 Å². The highest BCUT2D eigenvalue weighted by molar-refractivity contribution is 7.98. The average Bonchev–Trinajstić information content (AvgIpc) is 3.52. The average molecular weight is 476 g/mol. The molecule has 0 unspecified atom stereocenters. The molecule has 0 aliphatic rings. The number of hydrogen-bond acceptors (Lipinski definition) is 7. The number of nitrogens with zero attached hydrogens (tertiary/aromatic N) is 5. The summed E-state index contributed by atoms with van der Waals surface area (Å²) in [6.07, 6.45) is 3.06. The van der Waals surface area contributed by atoms with Crippen LogP contribution in [0.1, 0.15) is 31.9 Å². The van der Waals surface area contributed by atoms with Crippen molar-refractivity contribution < 1.29 is 9.26 Å². The molecule has 0 aliphatic heterocycles. The Morgan fingerprint density at radius 1 is 1.06 bits per heavy atom. The molecule has 174 valence electrons. The summed E-state index contributed by atoms with van der Waals surface area (Å²) in [6, 6.07) is 17.2. The summed E-state index contributed by atoms with van der Waals surface area (Å²) in [4.78, 5) is 13.2. The van der Waals surface area contributed by atoms with E-state index in [9.17, 15) is 4.79 Å². The lowest BCUT2D eigenvalue weighted by Gasteiger charge is -2.10. The lowest BCUT2D eigenvalue weighted by atomic mass is 10.1. The van der Waals surface area contributed by atoms with Crippen molar-refractivity contribution in [2.75, 3.05) is 7.11 Å². The standard InChI is InChI=1S/C25H25N5O3S/c1-3-4-9-14-29-23(31)19-11-5-7-12-21(19)30-24(29)26-27-25(30)34-16-17-15-20(28-33-17)18-10-6-8-13-22(18)32-2/h5-8,10-13,15H,3-4,9,14,16H2,1-2H3. The number of thioether (sulfide) groups is 1. The number of para-hydroxylation sites is 2. The largest absolute Gasteiger partial charge is 0.496 e. The maximum Gasteiger partial charge on any atom is 0.262 e. The molecular formula is C25H25N5O3S. The summed E-state index contributed by atoms with van der Waals surface area (Å²) < 4.78 is 14.7. The Morgan fingerprint density at radius 2 is 1.88 bits per heavy atom. The van der Waals surface area contributed by atoms with Gasteiger partial charge in [0.1, 0.15) is 17.2 Å². The van der Waals surface area contributed by atoms with Crippen molar-refractivity contribution in [2.45, 2.75) is 43.6 Å². The number of ether oxygens (including phenoxy) is 1. The van der Waals surface area contributed by atoms with Gasteiger partial charge < -0.3 is 9.26 Å². The van der Waals surface area contributed by atoms with Crippen molar-refractivity contribution in [3.05, 3.63) is 70.7 Å². The van der Waals surface area contributed by atoms with Crippen LogP contribution in [0.15, 0.2) is 69.1 Å². The van der Waals surface area contributed by atoms with Crippen molar-refractivity contribution in [1.82, 2.24) is 24.3 Å². The predicted octanol–water partition coefficient (Wildman–Crippen LogP) is 5.19. The SMILES string of the molecule is CCCCCn1c(=O)c2ccccc2n2c(SCc3cc(-c4ccccc4OC)no3)nnc12. The first-order chi connectivity index (χ1) is 16.7. The molecule has 3 aromatic heterocycles.